The molecule has 2 aromatic heterocycles. The summed E-state index contributed by atoms with van der Waals surface area (Å²) in [5.41, 5.74) is 14.6. The van der Waals surface area contributed by atoms with Crippen LogP contribution in [0.5, 0.6) is 0 Å². The number of amidine groups is 1. The molecular weight excluding hydrogens is 659 g/mol. The van der Waals surface area contributed by atoms with Crippen LogP contribution in [0, 0.1) is 0 Å². The summed E-state index contributed by atoms with van der Waals surface area (Å²) >= 11 is 0. The third-order valence-corrected chi connectivity index (χ3v) is 11.6. The first-order valence-electron chi connectivity index (χ1n) is 19.1. The molecule has 54 heavy (non-hydrogen) atoms. The Bertz CT molecular complexity index is 3000. The largest absolute Gasteiger partial charge is 0.456 e. The van der Waals surface area contributed by atoms with Gasteiger partial charge >= 0.3 is 0 Å². The van der Waals surface area contributed by atoms with Crippen molar-refractivity contribution in [1.29, 1.82) is 0 Å². The summed E-state index contributed by atoms with van der Waals surface area (Å²) in [4.78, 5) is 6.63. The third-order valence-electron chi connectivity index (χ3n) is 11.6. The van der Waals surface area contributed by atoms with E-state index in [0.29, 0.717) is 0 Å². The van der Waals surface area contributed by atoms with Crippen LogP contribution >= 0.6 is 0 Å². The predicted octanol–water partition coefficient (Wildman–Crippen LogP) is 9.54. The number of allylic oxidation sites excluding steroid dienone is 4. The molecule has 0 saturated heterocycles. The third kappa shape index (κ3) is 4.98. The summed E-state index contributed by atoms with van der Waals surface area (Å²) in [6, 6.07) is 54.6. The Morgan fingerprint density at radius 3 is 2.15 bits per heavy atom. The van der Waals surface area contributed by atoms with Crippen LogP contribution in [0.25, 0.3) is 61.2 Å². The van der Waals surface area contributed by atoms with E-state index >= 15 is 0 Å². The molecule has 0 bridgehead atoms. The highest BCUT2D eigenvalue weighted by Crippen LogP contribution is 2.37. The molecule has 0 saturated carbocycles. The summed E-state index contributed by atoms with van der Waals surface area (Å²) in [5, 5.41) is 5.00. The summed E-state index contributed by atoms with van der Waals surface area (Å²) < 4.78 is 9.04. The van der Waals surface area contributed by atoms with E-state index < -0.39 is 0 Å². The number of nitrogens with zero attached hydrogens (tertiary/aromatic N) is 2. The molecule has 2 atom stereocenters. The fraction of sp³-hybridized carbons (Fsp3) is 0.100. The molecule has 2 aliphatic carbocycles. The van der Waals surface area contributed by atoms with Crippen LogP contribution in [-0.4, -0.2) is 10.4 Å². The van der Waals surface area contributed by atoms with Gasteiger partial charge in [0, 0.05) is 44.6 Å². The number of benzene rings is 6. The Hall–Kier alpha value is -6.49. The summed E-state index contributed by atoms with van der Waals surface area (Å²) in [7, 11) is 0. The van der Waals surface area contributed by atoms with E-state index in [2.05, 4.69) is 174 Å². The average molecular weight is 697 g/mol. The van der Waals surface area contributed by atoms with E-state index in [1.165, 1.54) is 82.1 Å². The van der Waals surface area contributed by atoms with Crippen LogP contribution in [0.15, 0.2) is 179 Å². The zero-order valence-electron chi connectivity index (χ0n) is 29.9. The number of hydrogen-bond donors (Lipinski definition) is 1. The van der Waals surface area contributed by atoms with Crippen molar-refractivity contribution in [3.63, 3.8) is 0 Å². The van der Waals surface area contributed by atoms with Gasteiger partial charge in [0.2, 0.25) is 12.0 Å². The van der Waals surface area contributed by atoms with E-state index in [1.807, 2.05) is 0 Å². The molecule has 1 N–H and O–H groups in total. The Morgan fingerprint density at radius 2 is 1.31 bits per heavy atom. The maximum absolute atomic E-state index is 6.53. The number of aromatic nitrogens is 1. The van der Waals surface area contributed by atoms with Crippen LogP contribution in [0.1, 0.15) is 48.5 Å². The van der Waals surface area contributed by atoms with E-state index in [0.717, 1.165) is 42.5 Å². The Morgan fingerprint density at radius 1 is 0.574 bits per heavy atom. The molecule has 4 heteroatoms. The smallest absolute Gasteiger partial charge is 0.241 e. The van der Waals surface area contributed by atoms with Crippen molar-refractivity contribution in [3.05, 3.63) is 197 Å². The van der Waals surface area contributed by atoms with Crippen molar-refractivity contribution < 1.29 is 9.32 Å². The lowest BCUT2D eigenvalue weighted by molar-refractivity contribution is -0.822. The van der Waals surface area contributed by atoms with Crippen LogP contribution in [0.2, 0.25) is 0 Å². The monoisotopic (exact) mass is 696 g/mol. The average Bonchev–Trinajstić information content (AvgIpc) is 3.77. The second kappa shape index (κ2) is 12.6. The van der Waals surface area contributed by atoms with Crippen molar-refractivity contribution in [2.75, 3.05) is 0 Å². The van der Waals surface area contributed by atoms with Gasteiger partial charge < -0.3 is 8.98 Å². The predicted molar refractivity (Wildman–Crippen MR) is 221 cm³/mol. The van der Waals surface area contributed by atoms with Crippen molar-refractivity contribution in [2.24, 2.45) is 4.99 Å². The van der Waals surface area contributed by atoms with E-state index in [1.54, 1.807) is 0 Å². The van der Waals surface area contributed by atoms with Gasteiger partial charge in [0.15, 0.2) is 0 Å². The van der Waals surface area contributed by atoms with Crippen LogP contribution < -0.4 is 15.5 Å². The highest BCUT2D eigenvalue weighted by molar-refractivity contribution is 6.10. The summed E-state index contributed by atoms with van der Waals surface area (Å²) in [6.45, 7) is 0. The SMILES string of the molecule is C1=C(n2c3ccccc3c3ccc(C4=c5oc6ccccc6c5=CCC4)cc32)CCC([NH+]2C(c3ccccc3)=NC2c2cccc(-c3ccccc3)c2)=C1. The molecule has 6 aromatic carbocycles. The minimum Gasteiger partial charge on any atom is -0.456 e. The molecule has 0 fully saturated rings. The lowest BCUT2D eigenvalue weighted by Crippen LogP contribution is -3.17. The highest BCUT2D eigenvalue weighted by Gasteiger charge is 2.42. The van der Waals surface area contributed by atoms with Crippen molar-refractivity contribution >= 4 is 56.0 Å². The topological polar surface area (TPSA) is 34.9 Å². The first kappa shape index (κ1) is 31.1. The van der Waals surface area contributed by atoms with Gasteiger partial charge in [0.05, 0.1) is 16.6 Å². The second-order valence-electron chi connectivity index (χ2n) is 14.6. The van der Waals surface area contributed by atoms with Gasteiger partial charge in [-0.05, 0) is 84.5 Å². The maximum Gasteiger partial charge on any atom is 0.241 e. The second-order valence-corrected chi connectivity index (χ2v) is 14.6. The zero-order valence-corrected chi connectivity index (χ0v) is 29.9. The fourth-order valence-corrected chi connectivity index (χ4v) is 8.99. The maximum atomic E-state index is 6.53. The number of fused-ring (bicyclic) bond motifs is 6. The number of furan rings is 1. The van der Waals surface area contributed by atoms with Crippen LogP contribution in [-0.2, 0) is 0 Å². The summed E-state index contributed by atoms with van der Waals surface area (Å²) in [6.07, 6.45) is 10.9. The van der Waals surface area contributed by atoms with Crippen molar-refractivity contribution in [3.8, 4) is 11.1 Å². The molecule has 1 aliphatic heterocycles. The number of nitrogens with one attached hydrogen (secondary N) is 1. The van der Waals surface area contributed by atoms with Gasteiger partial charge in [-0.3, -0.25) is 0 Å². The molecule has 258 valence electrons. The number of quaternary nitrogens is 1. The minimum atomic E-state index is 0.00812. The standard InChI is InChI=1S/C50H37N3O/c1-3-13-33(14-4-1)35-17-11-18-37(31-35)50-51-49(34-15-5-2-6-16-34)53(50)39-28-26-38(27-29-39)52-45-23-9-7-19-41(45)42-30-25-36(32-46(42)52)40-21-12-22-44-43-20-8-10-24-47(43)54-48(40)44/h1-11,13-20,22-26,28,30-32,50H,12,21,27,29H2/p+1. The van der Waals surface area contributed by atoms with Gasteiger partial charge in [0.1, 0.15) is 16.7 Å². The summed E-state index contributed by atoms with van der Waals surface area (Å²) in [5.74, 6) is 1.11. The molecule has 0 spiro atoms. The molecule has 0 radical (unpaired) electrons. The normalized spacial score (nSPS) is 18.1. The van der Waals surface area contributed by atoms with Gasteiger partial charge in [-0.1, -0.05) is 121 Å². The lowest BCUT2D eigenvalue weighted by Gasteiger charge is -2.36. The number of hydrogen-bond acceptors (Lipinski definition) is 2. The van der Waals surface area contributed by atoms with E-state index in [-0.39, 0.29) is 6.17 Å². The van der Waals surface area contributed by atoms with Crippen LogP contribution in [0.3, 0.4) is 0 Å². The molecule has 11 rings (SSSR count). The van der Waals surface area contributed by atoms with Gasteiger partial charge in [-0.25, -0.2) is 4.90 Å². The van der Waals surface area contributed by atoms with E-state index in [4.69, 9.17) is 9.41 Å². The van der Waals surface area contributed by atoms with E-state index in [9.17, 15) is 0 Å². The number of rotatable bonds is 6. The Labute approximate surface area is 313 Å². The van der Waals surface area contributed by atoms with Crippen molar-refractivity contribution in [2.45, 2.75) is 31.8 Å². The first-order chi connectivity index (χ1) is 26.8. The Kier molecular flexibility index (Phi) is 7.24. The zero-order chi connectivity index (χ0) is 35.6. The number of aliphatic imine (C=N–C) groups is 1. The van der Waals surface area contributed by atoms with Crippen molar-refractivity contribution in [1.82, 2.24) is 4.57 Å². The fourth-order valence-electron chi connectivity index (χ4n) is 8.99. The minimum absolute atomic E-state index is 0.00812. The lowest BCUT2D eigenvalue weighted by atomic mass is 9.95. The quantitative estimate of drug-likeness (QED) is 0.185. The van der Waals surface area contributed by atoms with Gasteiger partial charge in [-0.2, -0.15) is 4.99 Å². The molecule has 3 aliphatic rings. The highest BCUT2D eigenvalue weighted by atomic mass is 16.3. The first-order valence-corrected chi connectivity index (χ1v) is 19.1. The molecule has 2 unspecified atom stereocenters. The van der Waals surface area contributed by atoms with Crippen LogP contribution in [0.4, 0.5) is 0 Å². The Balaban J connectivity index is 1.02. The van der Waals surface area contributed by atoms with Gasteiger partial charge in [-0.15, -0.1) is 0 Å². The molecule has 4 nitrogen and oxygen atoms in total. The molecular formula is C50H38N3O+. The molecule has 3 heterocycles. The molecule has 0 amide bonds. The number of para-hydroxylation sites is 2. The van der Waals surface area contributed by atoms with Gasteiger partial charge in [0.25, 0.3) is 0 Å². The molecule has 8 aromatic rings.